The molecule has 0 aliphatic carbocycles. The summed E-state index contributed by atoms with van der Waals surface area (Å²) in [5.41, 5.74) is 0. The van der Waals surface area contributed by atoms with Gasteiger partial charge in [0.25, 0.3) is 0 Å². The summed E-state index contributed by atoms with van der Waals surface area (Å²) in [5.74, 6) is 0.530. The fraction of sp³-hybridized carbons (Fsp3) is 0.786. The van der Waals surface area contributed by atoms with E-state index in [0.717, 1.165) is 6.42 Å². The van der Waals surface area contributed by atoms with E-state index in [9.17, 15) is 14.4 Å². The van der Waals surface area contributed by atoms with E-state index in [1.165, 1.54) is 6.92 Å². The fourth-order valence-electron chi connectivity index (χ4n) is 1.49. The standard InChI is InChI=1S/C14H26N2O3S/c1-9(2)10(3)5-6-13(18)16-12(8-20)14(19)15-7-11(4)17/h9-10,12,20H,5-8H2,1-4H3,(H,15,19)(H,16,18). The Morgan fingerprint density at radius 3 is 2.20 bits per heavy atom. The molecule has 0 bridgehead atoms. The number of ketones is 1. The van der Waals surface area contributed by atoms with Crippen molar-refractivity contribution in [1.82, 2.24) is 10.6 Å². The molecule has 0 rings (SSSR count). The van der Waals surface area contributed by atoms with Crippen molar-refractivity contribution in [2.24, 2.45) is 11.8 Å². The molecule has 2 amide bonds. The van der Waals surface area contributed by atoms with Crippen LogP contribution >= 0.6 is 12.6 Å². The molecule has 2 N–H and O–H groups in total. The smallest absolute Gasteiger partial charge is 0.243 e. The number of hydrogen-bond donors (Lipinski definition) is 3. The minimum atomic E-state index is -0.695. The lowest BCUT2D eigenvalue weighted by Crippen LogP contribution is -2.48. The highest BCUT2D eigenvalue weighted by atomic mass is 32.1. The summed E-state index contributed by atoms with van der Waals surface area (Å²) in [6.45, 7) is 7.71. The lowest BCUT2D eigenvalue weighted by molar-refractivity contribution is -0.129. The zero-order valence-corrected chi connectivity index (χ0v) is 13.6. The van der Waals surface area contributed by atoms with E-state index < -0.39 is 6.04 Å². The van der Waals surface area contributed by atoms with Gasteiger partial charge in [-0.2, -0.15) is 12.6 Å². The Morgan fingerprint density at radius 2 is 1.75 bits per heavy atom. The maximum Gasteiger partial charge on any atom is 0.243 e. The molecule has 2 unspecified atom stereocenters. The molecule has 2 atom stereocenters. The molecule has 0 spiro atoms. The van der Waals surface area contributed by atoms with Crippen molar-refractivity contribution >= 4 is 30.2 Å². The van der Waals surface area contributed by atoms with Gasteiger partial charge < -0.3 is 10.6 Å². The Morgan fingerprint density at radius 1 is 1.15 bits per heavy atom. The first-order chi connectivity index (χ1) is 9.27. The molecule has 0 saturated carbocycles. The largest absolute Gasteiger partial charge is 0.347 e. The molecule has 0 aromatic carbocycles. The second-order valence-corrected chi connectivity index (χ2v) is 5.85. The van der Waals surface area contributed by atoms with Crippen LogP contribution in [-0.4, -0.2) is 35.9 Å². The van der Waals surface area contributed by atoms with Gasteiger partial charge in [0.05, 0.1) is 6.54 Å². The van der Waals surface area contributed by atoms with E-state index in [2.05, 4.69) is 44.0 Å². The van der Waals surface area contributed by atoms with Gasteiger partial charge in [-0.3, -0.25) is 14.4 Å². The van der Waals surface area contributed by atoms with Crippen LogP contribution in [0.25, 0.3) is 0 Å². The van der Waals surface area contributed by atoms with Crippen LogP contribution in [0.4, 0.5) is 0 Å². The third kappa shape index (κ3) is 8.19. The Balaban J connectivity index is 4.18. The number of carbonyl (C=O) groups is 3. The van der Waals surface area contributed by atoms with Crippen LogP contribution in [0, 0.1) is 11.8 Å². The van der Waals surface area contributed by atoms with E-state index >= 15 is 0 Å². The van der Waals surface area contributed by atoms with E-state index in [4.69, 9.17) is 0 Å². The molecule has 5 nitrogen and oxygen atoms in total. The SMILES string of the molecule is CC(=O)CNC(=O)C(CS)NC(=O)CCC(C)C(C)C. The zero-order chi connectivity index (χ0) is 15.7. The van der Waals surface area contributed by atoms with Crippen LogP contribution < -0.4 is 10.6 Å². The molecule has 0 fully saturated rings. The predicted octanol–water partition coefficient (Wildman–Crippen LogP) is 1.18. The molecule has 0 aromatic rings. The first kappa shape index (κ1) is 19.0. The van der Waals surface area contributed by atoms with Gasteiger partial charge in [0.1, 0.15) is 11.8 Å². The Labute approximate surface area is 126 Å². The van der Waals surface area contributed by atoms with Crippen molar-refractivity contribution in [3.8, 4) is 0 Å². The number of hydrogen-bond acceptors (Lipinski definition) is 4. The summed E-state index contributed by atoms with van der Waals surface area (Å²) in [6.07, 6.45) is 1.18. The Hall–Kier alpha value is -1.04. The van der Waals surface area contributed by atoms with Gasteiger partial charge in [0.2, 0.25) is 11.8 Å². The third-order valence-corrected chi connectivity index (χ3v) is 3.68. The highest BCUT2D eigenvalue weighted by Crippen LogP contribution is 2.15. The van der Waals surface area contributed by atoms with Crippen molar-refractivity contribution in [2.45, 2.75) is 46.6 Å². The van der Waals surface area contributed by atoms with Crippen molar-refractivity contribution in [1.29, 1.82) is 0 Å². The third-order valence-electron chi connectivity index (χ3n) is 3.31. The number of thiol groups is 1. The lowest BCUT2D eigenvalue weighted by Gasteiger charge is -2.18. The number of amides is 2. The highest BCUT2D eigenvalue weighted by Gasteiger charge is 2.19. The summed E-state index contributed by atoms with van der Waals surface area (Å²) in [5, 5.41) is 5.12. The minimum Gasteiger partial charge on any atom is -0.347 e. The van der Waals surface area contributed by atoms with Gasteiger partial charge in [0.15, 0.2) is 0 Å². The monoisotopic (exact) mass is 302 g/mol. The Bertz CT molecular complexity index is 345. The molecule has 0 aliphatic heterocycles. The quantitative estimate of drug-likeness (QED) is 0.560. The number of nitrogens with one attached hydrogen (secondary N) is 2. The maximum absolute atomic E-state index is 11.8. The molecule has 0 heterocycles. The van der Waals surface area contributed by atoms with Crippen LogP contribution in [0.15, 0.2) is 0 Å². The van der Waals surface area contributed by atoms with Crippen LogP contribution in [-0.2, 0) is 14.4 Å². The van der Waals surface area contributed by atoms with E-state index in [0.29, 0.717) is 18.3 Å². The average Bonchev–Trinajstić information content (AvgIpc) is 2.38. The molecule has 116 valence electrons. The molecule has 0 radical (unpaired) electrons. The first-order valence-corrected chi connectivity index (χ1v) is 7.58. The van der Waals surface area contributed by atoms with E-state index in [1.54, 1.807) is 0 Å². The predicted molar refractivity (Wildman–Crippen MR) is 82.7 cm³/mol. The van der Waals surface area contributed by atoms with Gasteiger partial charge in [-0.15, -0.1) is 0 Å². The van der Waals surface area contributed by atoms with E-state index in [-0.39, 0.29) is 29.9 Å². The zero-order valence-electron chi connectivity index (χ0n) is 12.7. The van der Waals surface area contributed by atoms with Crippen LogP contribution in [0.5, 0.6) is 0 Å². The number of carbonyl (C=O) groups excluding carboxylic acids is 3. The minimum absolute atomic E-state index is 0.0244. The summed E-state index contributed by atoms with van der Waals surface area (Å²) in [4.78, 5) is 34.3. The number of Topliss-reactive ketones (excluding diaryl/α,β-unsaturated/α-hetero) is 1. The van der Waals surface area contributed by atoms with Crippen LogP contribution in [0.3, 0.4) is 0 Å². The molecule has 0 aromatic heterocycles. The molecule has 0 saturated heterocycles. The van der Waals surface area contributed by atoms with Crippen molar-refractivity contribution < 1.29 is 14.4 Å². The molecule has 20 heavy (non-hydrogen) atoms. The second-order valence-electron chi connectivity index (χ2n) is 5.48. The van der Waals surface area contributed by atoms with Gasteiger partial charge in [-0.1, -0.05) is 20.8 Å². The summed E-state index contributed by atoms with van der Waals surface area (Å²) < 4.78 is 0. The van der Waals surface area contributed by atoms with Gasteiger partial charge in [-0.05, 0) is 25.2 Å². The van der Waals surface area contributed by atoms with E-state index in [1.807, 2.05) is 0 Å². The van der Waals surface area contributed by atoms with Crippen molar-refractivity contribution in [2.75, 3.05) is 12.3 Å². The summed E-state index contributed by atoms with van der Waals surface area (Å²) in [7, 11) is 0. The van der Waals surface area contributed by atoms with Crippen LogP contribution in [0.2, 0.25) is 0 Å². The molecule has 6 heteroatoms. The topological polar surface area (TPSA) is 75.3 Å². The normalized spacial score (nSPS) is 13.7. The molecular weight excluding hydrogens is 276 g/mol. The maximum atomic E-state index is 11.8. The number of rotatable bonds is 9. The average molecular weight is 302 g/mol. The fourth-order valence-corrected chi connectivity index (χ4v) is 1.74. The lowest BCUT2D eigenvalue weighted by atomic mass is 9.93. The van der Waals surface area contributed by atoms with Gasteiger partial charge in [-0.25, -0.2) is 0 Å². The van der Waals surface area contributed by atoms with Crippen molar-refractivity contribution in [3.63, 3.8) is 0 Å². The molecule has 0 aliphatic rings. The first-order valence-electron chi connectivity index (χ1n) is 6.95. The molecular formula is C14H26N2O3S. The summed E-state index contributed by atoms with van der Waals surface area (Å²) >= 11 is 4.06. The second kappa shape index (κ2) is 9.80. The van der Waals surface area contributed by atoms with Gasteiger partial charge in [0, 0.05) is 12.2 Å². The van der Waals surface area contributed by atoms with Crippen LogP contribution in [0.1, 0.15) is 40.5 Å². The van der Waals surface area contributed by atoms with Crippen molar-refractivity contribution in [3.05, 3.63) is 0 Å². The summed E-state index contributed by atoms with van der Waals surface area (Å²) in [6, 6.07) is -0.695. The van der Waals surface area contributed by atoms with Gasteiger partial charge >= 0.3 is 0 Å². The Kier molecular flexibility index (Phi) is 9.29. The highest BCUT2D eigenvalue weighted by molar-refractivity contribution is 7.80.